The van der Waals surface area contributed by atoms with Crippen LogP contribution in [0.3, 0.4) is 0 Å². The van der Waals surface area contributed by atoms with Gasteiger partial charge in [-0.2, -0.15) is 0 Å². The average molecular weight is 1370 g/mol. The summed E-state index contributed by atoms with van der Waals surface area (Å²) in [5.41, 5.74) is 1.96. The number of rotatable bonds is 17. The van der Waals surface area contributed by atoms with E-state index in [0.717, 1.165) is 103 Å². The molecule has 89 heavy (non-hydrogen) atoms. The van der Waals surface area contributed by atoms with E-state index in [-0.39, 0.29) is 23.6 Å². The summed E-state index contributed by atoms with van der Waals surface area (Å²) in [6, 6.07) is 16.4. The lowest BCUT2D eigenvalue weighted by Crippen LogP contribution is -2.65. The van der Waals surface area contributed by atoms with Crippen molar-refractivity contribution in [3.05, 3.63) is 70.8 Å². The predicted molar refractivity (Wildman–Crippen MR) is 365 cm³/mol. The number of hydrogen-bond donors (Lipinski definition) is 0. The van der Waals surface area contributed by atoms with Crippen LogP contribution in [0.1, 0.15) is 99.2 Å². The maximum atomic E-state index is 15.4. The third kappa shape index (κ3) is 16.2. The number of nitrogens with zero attached hydrogens (tertiary/aromatic N) is 3. The second-order valence-electron chi connectivity index (χ2n) is 27.9. The molecule has 5 aromatic rings. The summed E-state index contributed by atoms with van der Waals surface area (Å²) < 4.78 is 77.3. The van der Waals surface area contributed by atoms with Crippen molar-refractivity contribution < 1.29 is 71.0 Å². The van der Waals surface area contributed by atoms with Crippen LogP contribution in [0.15, 0.2) is 48.5 Å². The Balaban J connectivity index is 0.876. The molecular formula is C62H97N3O16Si8. The molecule has 0 bridgehead atoms. The molecule has 488 valence electrons. The van der Waals surface area contributed by atoms with Gasteiger partial charge in [0.05, 0.1) is 52.9 Å². The number of carbonyl (C=O) groups excluding carboxylic acids is 4. The van der Waals surface area contributed by atoms with E-state index in [1.165, 1.54) is 4.90 Å². The molecule has 5 aliphatic heterocycles. The SMILES string of the molecule is C[Si]1(C)O[Si](C)(C)O[Si](C)(CCCCC(CCCC[Si]2(C)O[Si](C)(C)O[Si](C)(C)O[Si](C)(C)O2)N2C(=O)c3ccc4c5ccc6c7c(ccc(c8ccc(c3c48)C2=O)c75)C(=O)N(CCCCCN2CCOCCOCCOCCOCC2)C6=O)O[Si](C)(C)O1. The summed E-state index contributed by atoms with van der Waals surface area (Å²) in [4.78, 5) is 65.2. The standard InChI is InChI=1S/C62H97N3O16Si8/c1-82(2)74-84(5,6)78-88(13,79-85(7,8)75-82)44-20-16-22-46(23-17-21-45-89(14)80-86(9,10)76-83(3,4)77-87(11,12)81-89)65-61(68)53-30-26-49-47-24-28-51-57-52(29-25-48(55(47)57)50-27-31-54(62(65)69)58(53)56(49)50)60(67)64(59(51)66)33-19-15-18-32-63-34-36-70-38-40-72-42-43-73-41-39-71-37-35-63/h24-31,46H,15-23,32-45H2,1-14H3. The Morgan fingerprint density at radius 1 is 0.348 bits per heavy atom. The van der Waals surface area contributed by atoms with Crippen molar-refractivity contribution in [1.29, 1.82) is 0 Å². The van der Waals surface area contributed by atoms with Crippen molar-refractivity contribution in [2.45, 2.75) is 168 Å². The van der Waals surface area contributed by atoms with Gasteiger partial charge in [0.15, 0.2) is 0 Å². The van der Waals surface area contributed by atoms with Crippen molar-refractivity contribution >= 4 is 135 Å². The molecule has 0 spiro atoms. The number of benzene rings is 5. The first-order chi connectivity index (χ1) is 41.9. The van der Waals surface area contributed by atoms with Gasteiger partial charge in [-0.15, -0.1) is 0 Å². The molecule has 0 atom stereocenters. The van der Waals surface area contributed by atoms with E-state index in [2.05, 4.69) is 96.6 Å². The van der Waals surface area contributed by atoms with Gasteiger partial charge in [0.25, 0.3) is 23.6 Å². The van der Waals surface area contributed by atoms with E-state index in [4.69, 9.17) is 51.9 Å². The summed E-state index contributed by atoms with van der Waals surface area (Å²) in [7, 11) is -20.9. The quantitative estimate of drug-likeness (QED) is 0.0281. The first-order valence-corrected chi connectivity index (χ1v) is 54.4. The number of unbranched alkanes of at least 4 members (excludes halogenated alkanes) is 4. The second kappa shape index (κ2) is 27.3. The molecule has 19 nitrogen and oxygen atoms in total. The lowest BCUT2D eigenvalue weighted by atomic mass is 9.82. The molecule has 5 aliphatic rings. The van der Waals surface area contributed by atoms with Crippen molar-refractivity contribution in [2.24, 2.45) is 0 Å². The fraction of sp³-hybridized carbons (Fsp3) is 0.613. The molecule has 10 rings (SSSR count). The Kier molecular flexibility index (Phi) is 21.1. The van der Waals surface area contributed by atoms with Crippen LogP contribution in [0.5, 0.6) is 0 Å². The van der Waals surface area contributed by atoms with Gasteiger partial charge in [0.2, 0.25) is 0 Å². The van der Waals surface area contributed by atoms with Crippen LogP contribution in [-0.4, -0.2) is 192 Å². The van der Waals surface area contributed by atoms with Gasteiger partial charge in [0.1, 0.15) is 0 Å². The Hall–Kier alpha value is -3.10. The largest absolute Gasteiger partial charge is 0.416 e. The van der Waals surface area contributed by atoms with E-state index in [0.29, 0.717) is 112 Å². The second-order valence-corrected chi connectivity index (χ2v) is 56.7. The highest BCUT2D eigenvalue weighted by Crippen LogP contribution is 2.47. The van der Waals surface area contributed by atoms with Crippen molar-refractivity contribution in [3.8, 4) is 0 Å². The number of hydrogen-bond acceptors (Lipinski definition) is 17. The maximum Gasteiger partial charge on any atom is 0.317 e. The van der Waals surface area contributed by atoms with Crippen LogP contribution in [0.4, 0.5) is 0 Å². The first-order valence-electron chi connectivity index (χ1n) is 32.5. The molecule has 27 heteroatoms. The zero-order chi connectivity index (χ0) is 64.0. The predicted octanol–water partition coefficient (Wildman–Crippen LogP) is 12.7. The lowest BCUT2D eigenvalue weighted by molar-refractivity contribution is 0.00206. The first kappa shape index (κ1) is 68.7. The third-order valence-electron chi connectivity index (χ3n) is 17.3. The van der Waals surface area contributed by atoms with Crippen LogP contribution in [0.25, 0.3) is 43.1 Å². The van der Waals surface area contributed by atoms with Gasteiger partial charge in [-0.1, -0.05) is 56.4 Å². The van der Waals surface area contributed by atoms with Crippen molar-refractivity contribution in [1.82, 2.24) is 14.7 Å². The topological polar surface area (TPSA) is 189 Å². The summed E-state index contributed by atoms with van der Waals surface area (Å²) in [5.74, 6) is -1.21. The van der Waals surface area contributed by atoms with Gasteiger partial charge in [-0.3, -0.25) is 33.9 Å². The maximum absolute atomic E-state index is 15.4. The molecule has 0 saturated carbocycles. The number of carbonyl (C=O) groups is 4. The Morgan fingerprint density at radius 2 is 0.663 bits per heavy atom. The number of amides is 4. The van der Waals surface area contributed by atoms with Crippen molar-refractivity contribution in [3.63, 3.8) is 0 Å². The van der Waals surface area contributed by atoms with E-state index in [1.54, 1.807) is 4.90 Å². The van der Waals surface area contributed by atoms with Gasteiger partial charge >= 0.3 is 68.5 Å². The monoisotopic (exact) mass is 1360 g/mol. The molecule has 4 amide bonds. The molecule has 5 heterocycles. The molecule has 0 N–H and O–H groups in total. The number of ether oxygens (including phenoxy) is 4. The van der Waals surface area contributed by atoms with E-state index >= 15 is 9.59 Å². The highest BCUT2D eigenvalue weighted by Gasteiger charge is 2.54. The summed E-state index contributed by atoms with van der Waals surface area (Å²) in [5, 5.41) is 6.37. The van der Waals surface area contributed by atoms with Gasteiger partial charge in [-0.25, -0.2) is 0 Å². The molecular weight excluding hydrogens is 1270 g/mol. The van der Waals surface area contributed by atoms with E-state index < -0.39 is 74.5 Å². The van der Waals surface area contributed by atoms with Gasteiger partial charge < -0.3 is 51.9 Å². The van der Waals surface area contributed by atoms with Crippen LogP contribution in [-0.2, 0) is 51.9 Å². The molecule has 0 aliphatic carbocycles. The molecule has 0 unspecified atom stereocenters. The van der Waals surface area contributed by atoms with Gasteiger partial charge in [-0.05, 0) is 193 Å². The molecule has 3 fully saturated rings. The Morgan fingerprint density at radius 3 is 1.02 bits per heavy atom. The molecule has 0 radical (unpaired) electrons. The number of fused-ring (bicyclic) bond motifs is 2. The normalized spacial score (nSPS) is 23.4. The van der Waals surface area contributed by atoms with E-state index in [9.17, 15) is 9.59 Å². The fourth-order valence-electron chi connectivity index (χ4n) is 15.0. The Bertz CT molecular complexity index is 3180. The lowest BCUT2D eigenvalue weighted by Gasteiger charge is -2.47. The third-order valence-corrected chi connectivity index (χ3v) is 50.4. The van der Waals surface area contributed by atoms with Crippen molar-refractivity contribution in [2.75, 3.05) is 79.0 Å². The summed E-state index contributed by atoms with van der Waals surface area (Å²) in [6.45, 7) is 36.3. The fourth-order valence-corrected chi connectivity index (χ4v) is 58.3. The Labute approximate surface area is 535 Å². The molecule has 3 saturated heterocycles. The summed E-state index contributed by atoms with van der Waals surface area (Å²) >= 11 is 0. The van der Waals surface area contributed by atoms with Gasteiger partial charge in [0, 0.05) is 58.7 Å². The van der Waals surface area contributed by atoms with Crippen LogP contribution in [0.2, 0.25) is 104 Å². The zero-order valence-electron chi connectivity index (χ0n) is 55.3. The minimum Gasteiger partial charge on any atom is -0.416 e. The van der Waals surface area contributed by atoms with Crippen LogP contribution in [0, 0.1) is 0 Å². The highest BCUT2D eigenvalue weighted by atomic mass is 28.5. The number of imide groups is 2. The minimum atomic E-state index is -2.79. The zero-order valence-corrected chi connectivity index (χ0v) is 63.3. The van der Waals surface area contributed by atoms with E-state index in [1.807, 2.05) is 48.5 Å². The summed E-state index contributed by atoms with van der Waals surface area (Å²) in [6.07, 6.45) is 6.64. The molecule has 5 aromatic carbocycles. The highest BCUT2D eigenvalue weighted by molar-refractivity contribution is 6.94. The smallest absolute Gasteiger partial charge is 0.317 e. The van der Waals surface area contributed by atoms with Crippen LogP contribution < -0.4 is 0 Å². The molecule has 0 aromatic heterocycles. The van der Waals surface area contributed by atoms with Crippen LogP contribution >= 0.6 is 0 Å². The minimum absolute atomic E-state index is 0.298. The average Bonchev–Trinajstić information content (AvgIpc) is 0.700.